The summed E-state index contributed by atoms with van der Waals surface area (Å²) in [5, 5.41) is 14.3. The van der Waals surface area contributed by atoms with Gasteiger partial charge in [-0.05, 0) is 37.0 Å². The maximum absolute atomic E-state index is 12.0. The number of carbonyl (C=O) groups excluding carboxylic acids is 2. The van der Waals surface area contributed by atoms with E-state index in [2.05, 4.69) is 17.2 Å². The summed E-state index contributed by atoms with van der Waals surface area (Å²) in [7, 11) is 0. The van der Waals surface area contributed by atoms with Crippen molar-refractivity contribution in [3.63, 3.8) is 0 Å². The maximum Gasteiger partial charge on any atom is 0.407 e. The Bertz CT molecular complexity index is 531. The van der Waals surface area contributed by atoms with Crippen molar-refractivity contribution in [2.45, 2.75) is 31.9 Å². The molecule has 7 heteroatoms. The lowest BCUT2D eigenvalue weighted by atomic mass is 10.1. The average Bonchev–Trinajstić information content (AvgIpc) is 2.60. The molecule has 0 aromatic heterocycles. The fourth-order valence-corrected chi connectivity index (χ4v) is 1.92. The van der Waals surface area contributed by atoms with Crippen LogP contribution >= 0.6 is 0 Å². The molecule has 0 aliphatic rings. The summed E-state index contributed by atoms with van der Waals surface area (Å²) < 4.78 is 4.77. The molecule has 0 saturated heterocycles. The van der Waals surface area contributed by atoms with Crippen LogP contribution in [-0.2, 0) is 16.1 Å². The largest absolute Gasteiger partial charge is 0.445 e. The molecule has 1 atom stereocenters. The van der Waals surface area contributed by atoms with Crippen LogP contribution in [0, 0.1) is 0 Å². The van der Waals surface area contributed by atoms with Crippen molar-refractivity contribution in [1.29, 1.82) is 0 Å². The van der Waals surface area contributed by atoms with Crippen LogP contribution in [0.25, 0.3) is 0 Å². The van der Waals surface area contributed by atoms with Gasteiger partial charge < -0.3 is 26.2 Å². The first-order valence-electron chi connectivity index (χ1n) is 7.84. The van der Waals surface area contributed by atoms with Crippen LogP contribution < -0.4 is 16.4 Å². The molecule has 0 heterocycles. The number of ether oxygens (including phenoxy) is 1. The van der Waals surface area contributed by atoms with E-state index < -0.39 is 12.1 Å². The molecule has 1 unspecified atom stereocenters. The van der Waals surface area contributed by atoms with Gasteiger partial charge in [-0.25, -0.2) is 4.79 Å². The van der Waals surface area contributed by atoms with E-state index in [9.17, 15) is 9.59 Å². The Balaban J connectivity index is 2.19. The van der Waals surface area contributed by atoms with Crippen LogP contribution in [0.3, 0.4) is 0 Å². The highest BCUT2D eigenvalue weighted by Gasteiger charge is 2.13. The molecule has 5 N–H and O–H groups in total. The highest BCUT2D eigenvalue weighted by atomic mass is 16.5. The highest BCUT2D eigenvalue weighted by molar-refractivity contribution is 5.94. The van der Waals surface area contributed by atoms with Gasteiger partial charge in [-0.2, -0.15) is 0 Å². The van der Waals surface area contributed by atoms with Crippen molar-refractivity contribution in [1.82, 2.24) is 5.32 Å². The van der Waals surface area contributed by atoms with Gasteiger partial charge in [0.05, 0.1) is 12.6 Å². The molecule has 0 bridgehead atoms. The number of hydrogen-bond acceptors (Lipinski definition) is 5. The number of benzene rings is 1. The Labute approximate surface area is 141 Å². The van der Waals surface area contributed by atoms with Crippen molar-refractivity contribution in [3.05, 3.63) is 42.5 Å². The average molecular weight is 335 g/mol. The van der Waals surface area contributed by atoms with Crippen molar-refractivity contribution in [2.75, 3.05) is 18.5 Å². The number of hydrogen-bond donors (Lipinski definition) is 4. The number of anilines is 1. The number of aliphatic hydroxyl groups is 1. The van der Waals surface area contributed by atoms with E-state index in [0.29, 0.717) is 31.5 Å². The number of carbonyl (C=O) groups is 2. The first kappa shape index (κ1) is 19.7. The van der Waals surface area contributed by atoms with Crippen LogP contribution in [-0.4, -0.2) is 36.3 Å². The topological polar surface area (TPSA) is 114 Å². The van der Waals surface area contributed by atoms with Gasteiger partial charge in [-0.3, -0.25) is 4.79 Å². The predicted octanol–water partition coefficient (Wildman–Crippen LogP) is 1.53. The first-order valence-corrected chi connectivity index (χ1v) is 7.84. The molecule has 0 aliphatic carbocycles. The lowest BCUT2D eigenvalue weighted by Crippen LogP contribution is -2.35. The van der Waals surface area contributed by atoms with Gasteiger partial charge >= 0.3 is 6.09 Å². The molecule has 2 amide bonds. The third-order valence-corrected chi connectivity index (χ3v) is 3.28. The summed E-state index contributed by atoms with van der Waals surface area (Å²) in [6.45, 7) is 4.05. The lowest BCUT2D eigenvalue weighted by Gasteiger charge is -2.12. The lowest BCUT2D eigenvalue weighted by molar-refractivity contribution is -0.117. The summed E-state index contributed by atoms with van der Waals surface area (Å²) in [5.74, 6) is -0.259. The summed E-state index contributed by atoms with van der Waals surface area (Å²) in [6.07, 6.45) is 2.94. The molecule has 24 heavy (non-hydrogen) atoms. The van der Waals surface area contributed by atoms with Crippen LogP contribution in [0.4, 0.5) is 10.5 Å². The van der Waals surface area contributed by atoms with E-state index in [4.69, 9.17) is 15.6 Å². The third-order valence-electron chi connectivity index (χ3n) is 3.28. The summed E-state index contributed by atoms with van der Waals surface area (Å²) in [5.41, 5.74) is 7.27. The van der Waals surface area contributed by atoms with E-state index in [1.165, 1.54) is 6.08 Å². The second-order valence-corrected chi connectivity index (χ2v) is 5.26. The summed E-state index contributed by atoms with van der Waals surface area (Å²) >= 11 is 0. The monoisotopic (exact) mass is 335 g/mol. The Hall–Kier alpha value is -2.38. The summed E-state index contributed by atoms with van der Waals surface area (Å²) in [6, 6.07) is 6.29. The number of nitrogens with one attached hydrogen (secondary N) is 2. The number of unbranched alkanes of at least 4 members (excludes halogenated alkanes) is 1. The van der Waals surface area contributed by atoms with Crippen LogP contribution in [0.2, 0.25) is 0 Å². The van der Waals surface area contributed by atoms with Crippen molar-refractivity contribution in [2.24, 2.45) is 5.73 Å². The first-order chi connectivity index (χ1) is 11.6. The number of alkyl carbamates (subject to hydrolysis) is 1. The number of nitrogens with two attached hydrogens (primary N) is 1. The highest BCUT2D eigenvalue weighted by Crippen LogP contribution is 2.10. The number of aliphatic hydroxyl groups excluding tert-OH is 1. The molecular formula is C17H25N3O4. The van der Waals surface area contributed by atoms with E-state index in [1.54, 1.807) is 24.3 Å². The standard InChI is InChI=1S/C17H25N3O4/c1-2-11-24-17(23)19-10-4-3-5-15(18)16(22)20-14-8-6-13(12-21)7-9-14/h2,6-9,15,21H,1,3-5,10-12,18H2,(H,19,23)(H,20,22). The molecule has 0 saturated carbocycles. The molecule has 1 rings (SSSR count). The van der Waals surface area contributed by atoms with Gasteiger partial charge in [0, 0.05) is 12.2 Å². The van der Waals surface area contributed by atoms with Gasteiger partial charge in [0.2, 0.25) is 5.91 Å². The Morgan fingerprint density at radius 3 is 2.62 bits per heavy atom. The SMILES string of the molecule is C=CCOC(=O)NCCCCC(N)C(=O)Nc1ccc(CO)cc1. The zero-order valence-corrected chi connectivity index (χ0v) is 13.7. The van der Waals surface area contributed by atoms with Gasteiger partial charge in [0.15, 0.2) is 0 Å². The molecular weight excluding hydrogens is 310 g/mol. The minimum absolute atomic E-state index is 0.0388. The Morgan fingerprint density at radius 2 is 2.00 bits per heavy atom. The smallest absolute Gasteiger partial charge is 0.407 e. The zero-order valence-electron chi connectivity index (χ0n) is 13.7. The number of amides is 2. The molecule has 0 aliphatic heterocycles. The Morgan fingerprint density at radius 1 is 1.29 bits per heavy atom. The fraction of sp³-hybridized carbons (Fsp3) is 0.412. The molecule has 1 aromatic rings. The van der Waals surface area contributed by atoms with Crippen molar-refractivity contribution < 1.29 is 19.4 Å². The predicted molar refractivity (Wildman–Crippen MR) is 92.4 cm³/mol. The molecule has 0 radical (unpaired) electrons. The van der Waals surface area contributed by atoms with E-state index >= 15 is 0 Å². The van der Waals surface area contributed by atoms with E-state index in [0.717, 1.165) is 5.56 Å². The molecule has 1 aromatic carbocycles. The maximum atomic E-state index is 12.0. The van der Waals surface area contributed by atoms with Crippen LogP contribution in [0.5, 0.6) is 0 Å². The fourth-order valence-electron chi connectivity index (χ4n) is 1.92. The van der Waals surface area contributed by atoms with E-state index in [1.807, 2.05) is 0 Å². The third kappa shape index (κ3) is 7.75. The molecule has 7 nitrogen and oxygen atoms in total. The van der Waals surface area contributed by atoms with Gasteiger partial charge in [0.25, 0.3) is 0 Å². The Kier molecular flexibility index (Phi) is 9.18. The molecule has 0 spiro atoms. The van der Waals surface area contributed by atoms with Crippen LogP contribution in [0.1, 0.15) is 24.8 Å². The van der Waals surface area contributed by atoms with Crippen LogP contribution in [0.15, 0.2) is 36.9 Å². The minimum Gasteiger partial charge on any atom is -0.445 e. The zero-order chi connectivity index (χ0) is 17.8. The van der Waals surface area contributed by atoms with Gasteiger partial charge in [-0.1, -0.05) is 24.8 Å². The molecule has 0 fully saturated rings. The van der Waals surface area contributed by atoms with Gasteiger partial charge in [-0.15, -0.1) is 0 Å². The normalized spacial score (nSPS) is 11.4. The summed E-state index contributed by atoms with van der Waals surface area (Å²) in [4.78, 5) is 23.1. The van der Waals surface area contributed by atoms with Gasteiger partial charge in [0.1, 0.15) is 6.61 Å². The van der Waals surface area contributed by atoms with Crippen molar-refractivity contribution >= 4 is 17.7 Å². The molecule has 132 valence electrons. The second-order valence-electron chi connectivity index (χ2n) is 5.26. The van der Waals surface area contributed by atoms with Crippen molar-refractivity contribution in [3.8, 4) is 0 Å². The quantitative estimate of drug-likeness (QED) is 0.382. The second kappa shape index (κ2) is 11.2. The number of rotatable bonds is 10. The minimum atomic E-state index is -0.616. The van der Waals surface area contributed by atoms with E-state index in [-0.39, 0.29) is 19.1 Å².